The Bertz CT molecular complexity index is 1850. The molecule has 13 atom stereocenters. The zero-order valence-corrected chi connectivity index (χ0v) is 29.2. The number of allylic oxidation sites excluding steroid dienone is 1. The molecule has 260 valence electrons. The first-order valence-corrected chi connectivity index (χ1v) is 19.0. The maximum Gasteiger partial charge on any atom is 0.338 e. The maximum absolute atomic E-state index is 13.8. The average molecular weight is 675 g/mol. The summed E-state index contributed by atoms with van der Waals surface area (Å²) in [5.74, 6) is 2.32. The Morgan fingerprint density at radius 1 is 0.700 bits per heavy atom. The van der Waals surface area contributed by atoms with Gasteiger partial charge in [0.15, 0.2) is 5.78 Å². The fourth-order valence-electron chi connectivity index (χ4n) is 14.0. The van der Waals surface area contributed by atoms with Gasteiger partial charge in [0.25, 0.3) is 0 Å². The molecule has 2 aromatic rings. The number of fused-ring (bicyclic) bond motifs is 5. The van der Waals surface area contributed by atoms with Gasteiger partial charge in [-0.25, -0.2) is 4.79 Å². The zero-order chi connectivity index (χ0) is 34.4. The van der Waals surface area contributed by atoms with Gasteiger partial charge in [-0.2, -0.15) is 0 Å². The van der Waals surface area contributed by atoms with E-state index >= 15 is 0 Å². The number of ether oxygens (including phenoxy) is 3. The highest BCUT2D eigenvalue weighted by Crippen LogP contribution is 3.05. The zero-order valence-electron chi connectivity index (χ0n) is 29.2. The van der Waals surface area contributed by atoms with Gasteiger partial charge in [-0.15, -0.1) is 0 Å². The first-order chi connectivity index (χ1) is 24.1. The number of esters is 3. The molecule has 0 spiro atoms. The van der Waals surface area contributed by atoms with Crippen LogP contribution in [0.15, 0.2) is 66.2 Å². The predicted octanol–water partition coefficient (Wildman–Crippen LogP) is 7.37. The van der Waals surface area contributed by atoms with E-state index in [9.17, 15) is 19.2 Å². The summed E-state index contributed by atoms with van der Waals surface area (Å²) >= 11 is 0. The van der Waals surface area contributed by atoms with Crippen LogP contribution in [0.3, 0.4) is 0 Å². The number of rotatable bonds is 7. The molecule has 8 fully saturated rings. The highest BCUT2D eigenvalue weighted by molar-refractivity contribution is 6.09. The fraction of sp³-hybridized carbons (Fsp3) is 0.581. The van der Waals surface area contributed by atoms with Crippen LogP contribution >= 0.6 is 0 Å². The molecule has 9 aliphatic rings. The van der Waals surface area contributed by atoms with Gasteiger partial charge in [-0.1, -0.05) is 68.0 Å². The summed E-state index contributed by atoms with van der Waals surface area (Å²) in [6, 6.07) is 16.0. The van der Waals surface area contributed by atoms with E-state index in [-0.39, 0.29) is 46.7 Å². The second-order valence-corrected chi connectivity index (χ2v) is 17.5. The Balaban J connectivity index is 0.797. The molecule has 9 aliphatic carbocycles. The standard InChI is InChI=1S/C43H46O7/c1-40-19-17-27(49-39(47)43-32-22-31-34(35(32)43)42(31,43)38(46)48-3)21-26(40)13-14-28-29-15-16-33(41(29,2)20-18-30(28)40)50-37(45)25-11-9-24(10-12-25)36(44)23-7-5-4-6-8-23/h4-13,27-35H,14-22H2,1-3H3/t27-,28-,29-,30-,31?,32?,33-,34?,35?,40-,41-,42?,43?/m0/s1. The number of carbonyl (C=O) groups is 4. The molecule has 0 amide bonds. The van der Waals surface area contributed by atoms with Crippen molar-refractivity contribution in [3.8, 4) is 0 Å². The first-order valence-electron chi connectivity index (χ1n) is 19.0. The number of methoxy groups -OCH3 is 1. The highest BCUT2D eigenvalue weighted by Gasteiger charge is 3.10. The second-order valence-electron chi connectivity index (χ2n) is 17.5. The summed E-state index contributed by atoms with van der Waals surface area (Å²) in [5, 5.41) is 0. The Morgan fingerprint density at radius 3 is 2.08 bits per heavy atom. The van der Waals surface area contributed by atoms with E-state index in [4.69, 9.17) is 14.2 Å². The van der Waals surface area contributed by atoms with E-state index in [0.29, 0.717) is 58.1 Å². The number of carbonyl (C=O) groups excluding carboxylic acids is 4. The molecule has 0 heterocycles. The van der Waals surface area contributed by atoms with Crippen LogP contribution in [0.2, 0.25) is 0 Å². The normalized spacial score (nSPS) is 44.9. The van der Waals surface area contributed by atoms with Gasteiger partial charge in [-0.05, 0) is 110 Å². The van der Waals surface area contributed by atoms with Crippen LogP contribution in [-0.4, -0.2) is 43.0 Å². The quantitative estimate of drug-likeness (QED) is 0.131. The summed E-state index contributed by atoms with van der Waals surface area (Å²) in [4.78, 5) is 52.9. The minimum absolute atomic E-state index is 0.0612. The van der Waals surface area contributed by atoms with Crippen molar-refractivity contribution in [3.63, 3.8) is 0 Å². The van der Waals surface area contributed by atoms with Crippen LogP contribution in [0.5, 0.6) is 0 Å². The lowest BCUT2D eigenvalue weighted by molar-refractivity contribution is -0.175. The molecule has 0 N–H and O–H groups in total. The predicted molar refractivity (Wildman–Crippen MR) is 183 cm³/mol. The largest absolute Gasteiger partial charge is 0.469 e. The highest BCUT2D eigenvalue weighted by atomic mass is 16.6. The van der Waals surface area contributed by atoms with Crippen molar-refractivity contribution >= 4 is 23.7 Å². The van der Waals surface area contributed by atoms with E-state index in [1.165, 1.54) is 12.7 Å². The van der Waals surface area contributed by atoms with Gasteiger partial charge in [0, 0.05) is 23.0 Å². The van der Waals surface area contributed by atoms with E-state index in [0.717, 1.165) is 57.8 Å². The Hall–Kier alpha value is -3.74. The Labute approximate surface area is 293 Å². The molecule has 7 nitrogen and oxygen atoms in total. The summed E-state index contributed by atoms with van der Waals surface area (Å²) in [5.41, 5.74) is 2.00. The van der Waals surface area contributed by atoms with Gasteiger partial charge in [0.2, 0.25) is 0 Å². The van der Waals surface area contributed by atoms with E-state index < -0.39 is 10.8 Å². The summed E-state index contributed by atoms with van der Waals surface area (Å²) in [7, 11) is 1.45. The lowest BCUT2D eigenvalue weighted by Crippen LogP contribution is -2.52. The lowest BCUT2D eigenvalue weighted by Gasteiger charge is -2.57. The molecule has 0 radical (unpaired) electrons. The van der Waals surface area contributed by atoms with Crippen molar-refractivity contribution in [2.75, 3.05) is 7.11 Å². The van der Waals surface area contributed by atoms with Gasteiger partial charge < -0.3 is 14.2 Å². The third-order valence-corrected chi connectivity index (χ3v) is 16.2. The van der Waals surface area contributed by atoms with Gasteiger partial charge >= 0.3 is 17.9 Å². The molecule has 7 heteroatoms. The van der Waals surface area contributed by atoms with Crippen LogP contribution in [0.25, 0.3) is 0 Å². The molecule has 0 aliphatic heterocycles. The van der Waals surface area contributed by atoms with Crippen molar-refractivity contribution in [1.82, 2.24) is 0 Å². The van der Waals surface area contributed by atoms with Crippen LogP contribution in [0, 0.1) is 63.1 Å². The minimum Gasteiger partial charge on any atom is -0.469 e. The SMILES string of the molecule is COC(=O)C12C3CC4C(C31)C42C(=O)O[C@H]1CC[C@@]2(C)C(=CC[C@H]3[C@@H]4CC[C@H](OC(=O)c5ccc(C(=O)c6ccccc6)cc5)[C@@]4(C)CC[C@@H]32)C1. The molecule has 2 bridgehead atoms. The molecular weight excluding hydrogens is 628 g/mol. The lowest BCUT2D eigenvalue weighted by atomic mass is 9.48. The second kappa shape index (κ2) is 10.2. The summed E-state index contributed by atoms with van der Waals surface area (Å²) in [6.07, 6.45) is 11.0. The first kappa shape index (κ1) is 31.0. The minimum atomic E-state index is -0.580. The van der Waals surface area contributed by atoms with Crippen LogP contribution in [0.1, 0.15) is 97.9 Å². The molecule has 0 saturated heterocycles. The third-order valence-electron chi connectivity index (χ3n) is 16.2. The van der Waals surface area contributed by atoms with E-state index in [1.807, 2.05) is 18.2 Å². The fourth-order valence-corrected chi connectivity index (χ4v) is 14.0. The van der Waals surface area contributed by atoms with Crippen LogP contribution in [0.4, 0.5) is 0 Å². The van der Waals surface area contributed by atoms with Gasteiger partial charge in [-0.3, -0.25) is 14.4 Å². The third kappa shape index (κ3) is 3.62. The molecule has 6 unspecified atom stereocenters. The van der Waals surface area contributed by atoms with Crippen molar-refractivity contribution in [2.45, 2.75) is 83.8 Å². The van der Waals surface area contributed by atoms with E-state index in [2.05, 4.69) is 19.9 Å². The van der Waals surface area contributed by atoms with Crippen molar-refractivity contribution < 1.29 is 33.4 Å². The number of hydrogen-bond acceptors (Lipinski definition) is 7. The molecule has 11 rings (SSSR count). The number of benzene rings is 2. The van der Waals surface area contributed by atoms with Crippen LogP contribution < -0.4 is 0 Å². The molecular formula is C43H46O7. The smallest absolute Gasteiger partial charge is 0.338 e. The molecule has 8 saturated carbocycles. The monoisotopic (exact) mass is 674 g/mol. The van der Waals surface area contributed by atoms with Gasteiger partial charge in [0.05, 0.1) is 23.5 Å². The Morgan fingerprint density at radius 2 is 1.38 bits per heavy atom. The summed E-state index contributed by atoms with van der Waals surface area (Å²) < 4.78 is 17.8. The van der Waals surface area contributed by atoms with Gasteiger partial charge in [0.1, 0.15) is 12.2 Å². The average Bonchev–Trinajstić information content (AvgIpc) is 3.65. The molecule has 50 heavy (non-hydrogen) atoms. The van der Waals surface area contributed by atoms with Crippen molar-refractivity contribution in [3.05, 3.63) is 82.9 Å². The topological polar surface area (TPSA) is 96.0 Å². The van der Waals surface area contributed by atoms with Crippen molar-refractivity contribution in [1.29, 1.82) is 0 Å². The molecule has 0 aromatic heterocycles. The number of hydrogen-bond donors (Lipinski definition) is 0. The van der Waals surface area contributed by atoms with Crippen LogP contribution in [-0.2, 0) is 23.8 Å². The maximum atomic E-state index is 13.8. The molecule has 2 aromatic carbocycles. The Kier molecular flexibility index (Phi) is 6.33. The summed E-state index contributed by atoms with van der Waals surface area (Å²) in [6.45, 7) is 4.80. The number of ketones is 1. The van der Waals surface area contributed by atoms with E-state index in [1.54, 1.807) is 36.4 Å². The van der Waals surface area contributed by atoms with Crippen molar-refractivity contribution in [2.24, 2.45) is 63.1 Å².